The lowest BCUT2D eigenvalue weighted by atomic mass is 9.98. The van der Waals surface area contributed by atoms with Gasteiger partial charge in [-0.1, -0.05) is 6.92 Å². The van der Waals surface area contributed by atoms with Gasteiger partial charge < -0.3 is 19.9 Å². The standard InChI is InChI=1S/C24H30N4O3/c1-2-4-23(29)27-13-10-22(11-14-27)31-21-8-6-19(7-9-21)26-24(30)18-16-28(17-18)20-5-3-12-25-15-20/h3,5-9,12,15,18,22H,2,4,10-11,13-14,16-17H2,1H3,(H,26,30). The van der Waals surface area contributed by atoms with Gasteiger partial charge in [-0.2, -0.15) is 0 Å². The Labute approximate surface area is 183 Å². The first-order valence-electron chi connectivity index (χ1n) is 11.1. The van der Waals surface area contributed by atoms with E-state index < -0.39 is 0 Å². The monoisotopic (exact) mass is 422 g/mol. The molecule has 31 heavy (non-hydrogen) atoms. The highest BCUT2D eigenvalue weighted by Gasteiger charge is 2.33. The summed E-state index contributed by atoms with van der Waals surface area (Å²) in [6.07, 6.45) is 6.91. The van der Waals surface area contributed by atoms with E-state index in [2.05, 4.69) is 15.2 Å². The molecular weight excluding hydrogens is 392 g/mol. The second-order valence-corrected chi connectivity index (χ2v) is 8.27. The van der Waals surface area contributed by atoms with Crippen molar-refractivity contribution in [3.63, 3.8) is 0 Å². The van der Waals surface area contributed by atoms with Crippen molar-refractivity contribution >= 4 is 23.2 Å². The summed E-state index contributed by atoms with van der Waals surface area (Å²) in [7, 11) is 0. The predicted molar refractivity (Wildman–Crippen MR) is 120 cm³/mol. The normalized spacial score (nSPS) is 17.2. The molecule has 0 saturated carbocycles. The van der Waals surface area contributed by atoms with Crippen molar-refractivity contribution in [2.45, 2.75) is 38.7 Å². The van der Waals surface area contributed by atoms with Crippen LogP contribution in [0.3, 0.4) is 0 Å². The molecule has 2 aliphatic heterocycles. The van der Waals surface area contributed by atoms with E-state index in [-0.39, 0.29) is 23.8 Å². The maximum absolute atomic E-state index is 12.5. The summed E-state index contributed by atoms with van der Waals surface area (Å²) in [4.78, 5) is 32.7. The van der Waals surface area contributed by atoms with E-state index in [0.717, 1.165) is 49.5 Å². The topological polar surface area (TPSA) is 74.8 Å². The molecule has 3 heterocycles. The molecule has 0 spiro atoms. The number of hydrogen-bond acceptors (Lipinski definition) is 5. The summed E-state index contributed by atoms with van der Waals surface area (Å²) in [5.41, 5.74) is 1.82. The van der Waals surface area contributed by atoms with Gasteiger partial charge in [0, 0.05) is 57.3 Å². The van der Waals surface area contributed by atoms with Gasteiger partial charge in [-0.3, -0.25) is 14.6 Å². The van der Waals surface area contributed by atoms with Crippen LogP contribution < -0.4 is 15.0 Å². The van der Waals surface area contributed by atoms with E-state index in [9.17, 15) is 9.59 Å². The Kier molecular flexibility index (Phi) is 6.70. The number of likely N-dealkylation sites (tertiary alicyclic amines) is 1. The number of carbonyl (C=O) groups is 2. The van der Waals surface area contributed by atoms with Crippen LogP contribution in [0.5, 0.6) is 5.75 Å². The average Bonchev–Trinajstić information content (AvgIpc) is 2.75. The summed E-state index contributed by atoms with van der Waals surface area (Å²) in [5.74, 6) is 1.06. The average molecular weight is 423 g/mol. The fourth-order valence-corrected chi connectivity index (χ4v) is 4.04. The molecule has 0 bridgehead atoms. The summed E-state index contributed by atoms with van der Waals surface area (Å²) in [6.45, 7) is 4.96. The molecule has 164 valence electrons. The molecule has 1 aromatic heterocycles. The summed E-state index contributed by atoms with van der Waals surface area (Å²) >= 11 is 0. The third-order valence-electron chi connectivity index (χ3n) is 5.95. The van der Waals surface area contributed by atoms with Gasteiger partial charge in [0.1, 0.15) is 11.9 Å². The van der Waals surface area contributed by atoms with Crippen molar-refractivity contribution in [2.75, 3.05) is 36.4 Å². The van der Waals surface area contributed by atoms with Crippen molar-refractivity contribution in [2.24, 2.45) is 5.92 Å². The first-order valence-corrected chi connectivity index (χ1v) is 11.1. The summed E-state index contributed by atoms with van der Waals surface area (Å²) in [6, 6.07) is 11.5. The number of benzene rings is 1. The van der Waals surface area contributed by atoms with Gasteiger partial charge in [-0.05, 0) is 42.8 Å². The van der Waals surface area contributed by atoms with Crippen LogP contribution in [0, 0.1) is 5.92 Å². The van der Waals surface area contributed by atoms with Gasteiger partial charge in [0.25, 0.3) is 0 Å². The van der Waals surface area contributed by atoms with Crippen molar-refractivity contribution in [3.05, 3.63) is 48.8 Å². The van der Waals surface area contributed by atoms with Crippen LogP contribution in [0.15, 0.2) is 48.8 Å². The minimum Gasteiger partial charge on any atom is -0.490 e. The fraction of sp³-hybridized carbons (Fsp3) is 0.458. The van der Waals surface area contributed by atoms with Crippen LogP contribution in [-0.2, 0) is 9.59 Å². The predicted octanol–water partition coefficient (Wildman–Crippen LogP) is 3.33. The lowest BCUT2D eigenvalue weighted by Crippen LogP contribution is -2.52. The second-order valence-electron chi connectivity index (χ2n) is 8.27. The molecule has 0 radical (unpaired) electrons. The number of nitrogens with one attached hydrogen (secondary N) is 1. The maximum Gasteiger partial charge on any atom is 0.231 e. The van der Waals surface area contributed by atoms with E-state index >= 15 is 0 Å². The van der Waals surface area contributed by atoms with E-state index in [1.54, 1.807) is 6.20 Å². The molecule has 2 amide bonds. The molecule has 1 N–H and O–H groups in total. The Balaban J connectivity index is 1.20. The smallest absolute Gasteiger partial charge is 0.231 e. The number of piperidine rings is 1. The van der Waals surface area contributed by atoms with Gasteiger partial charge in [0.15, 0.2) is 0 Å². The third-order valence-corrected chi connectivity index (χ3v) is 5.95. The highest BCUT2D eigenvalue weighted by Crippen LogP contribution is 2.26. The summed E-state index contributed by atoms with van der Waals surface area (Å²) in [5, 5.41) is 3.00. The zero-order chi connectivity index (χ0) is 21.6. The molecular formula is C24H30N4O3. The van der Waals surface area contributed by atoms with Crippen LogP contribution >= 0.6 is 0 Å². The molecule has 2 aliphatic rings. The van der Waals surface area contributed by atoms with Gasteiger partial charge >= 0.3 is 0 Å². The van der Waals surface area contributed by atoms with Gasteiger partial charge in [0.05, 0.1) is 17.8 Å². The van der Waals surface area contributed by atoms with Crippen molar-refractivity contribution in [3.8, 4) is 5.75 Å². The Bertz CT molecular complexity index is 873. The number of pyridine rings is 1. The summed E-state index contributed by atoms with van der Waals surface area (Å²) < 4.78 is 6.08. The number of anilines is 2. The zero-order valence-electron chi connectivity index (χ0n) is 18.0. The molecule has 0 aliphatic carbocycles. The van der Waals surface area contributed by atoms with Crippen molar-refractivity contribution in [1.82, 2.24) is 9.88 Å². The molecule has 0 atom stereocenters. The number of ether oxygens (including phenoxy) is 1. The lowest BCUT2D eigenvalue weighted by Gasteiger charge is -2.39. The largest absolute Gasteiger partial charge is 0.490 e. The van der Waals surface area contributed by atoms with E-state index in [1.807, 2.05) is 54.4 Å². The molecule has 0 unspecified atom stereocenters. The zero-order valence-corrected chi connectivity index (χ0v) is 18.0. The molecule has 4 rings (SSSR count). The number of aromatic nitrogens is 1. The van der Waals surface area contributed by atoms with Crippen LogP contribution in [0.1, 0.15) is 32.6 Å². The highest BCUT2D eigenvalue weighted by molar-refractivity contribution is 5.94. The minimum atomic E-state index is -0.0169. The molecule has 2 saturated heterocycles. The lowest BCUT2D eigenvalue weighted by molar-refractivity contribution is -0.133. The van der Waals surface area contributed by atoms with Crippen LogP contribution in [-0.4, -0.2) is 54.0 Å². The third kappa shape index (κ3) is 5.34. The van der Waals surface area contributed by atoms with Gasteiger partial charge in [-0.15, -0.1) is 0 Å². The van der Waals surface area contributed by atoms with Gasteiger partial charge in [0.2, 0.25) is 11.8 Å². The molecule has 7 heteroatoms. The minimum absolute atomic E-state index is 0.0169. The number of nitrogens with zero attached hydrogens (tertiary/aromatic N) is 3. The van der Waals surface area contributed by atoms with Crippen molar-refractivity contribution in [1.29, 1.82) is 0 Å². The maximum atomic E-state index is 12.5. The fourth-order valence-electron chi connectivity index (χ4n) is 4.04. The number of rotatable bonds is 7. The van der Waals surface area contributed by atoms with Crippen LogP contribution in [0.4, 0.5) is 11.4 Å². The Morgan fingerprint density at radius 3 is 2.52 bits per heavy atom. The van der Waals surface area contributed by atoms with E-state index in [1.165, 1.54) is 0 Å². The molecule has 7 nitrogen and oxygen atoms in total. The van der Waals surface area contributed by atoms with Crippen LogP contribution in [0.25, 0.3) is 0 Å². The first-order chi connectivity index (χ1) is 15.1. The number of amides is 2. The first kappa shape index (κ1) is 21.2. The quantitative estimate of drug-likeness (QED) is 0.741. The second kappa shape index (κ2) is 9.81. The number of hydrogen-bond donors (Lipinski definition) is 1. The Morgan fingerprint density at radius 1 is 1.13 bits per heavy atom. The molecule has 2 aromatic rings. The Hall–Kier alpha value is -3.09. The number of carbonyl (C=O) groups excluding carboxylic acids is 2. The molecule has 2 fully saturated rings. The van der Waals surface area contributed by atoms with E-state index in [0.29, 0.717) is 19.5 Å². The SMILES string of the molecule is CCCC(=O)N1CCC(Oc2ccc(NC(=O)C3CN(c4cccnc4)C3)cc2)CC1. The van der Waals surface area contributed by atoms with E-state index in [4.69, 9.17) is 4.74 Å². The highest BCUT2D eigenvalue weighted by atomic mass is 16.5. The van der Waals surface area contributed by atoms with Gasteiger partial charge in [-0.25, -0.2) is 0 Å². The van der Waals surface area contributed by atoms with Crippen LogP contribution in [0.2, 0.25) is 0 Å². The molecule has 1 aromatic carbocycles. The van der Waals surface area contributed by atoms with Crippen molar-refractivity contribution < 1.29 is 14.3 Å². The Morgan fingerprint density at radius 2 is 1.87 bits per heavy atom.